The minimum absolute atomic E-state index is 0.372. The monoisotopic (exact) mass is 308 g/mol. The first-order valence-electron chi connectivity index (χ1n) is 7.59. The fraction of sp³-hybridized carbons (Fsp3) is 0.235. The van der Waals surface area contributed by atoms with E-state index in [1.54, 1.807) is 10.9 Å². The van der Waals surface area contributed by atoms with Gasteiger partial charge >= 0.3 is 0 Å². The fourth-order valence-electron chi connectivity index (χ4n) is 2.26. The quantitative estimate of drug-likeness (QED) is 0.756. The van der Waals surface area contributed by atoms with Crippen LogP contribution in [-0.2, 0) is 6.54 Å². The Kier molecular flexibility index (Phi) is 4.23. The first-order chi connectivity index (χ1) is 11.1. The van der Waals surface area contributed by atoms with E-state index in [0.29, 0.717) is 30.2 Å². The second-order valence-corrected chi connectivity index (χ2v) is 5.69. The number of nitrogens with one attached hydrogen (secondary N) is 1. The van der Waals surface area contributed by atoms with Crippen LogP contribution in [0.2, 0.25) is 0 Å². The first kappa shape index (κ1) is 15.0. The number of nitrogens with two attached hydrogens (primary N) is 1. The Labute approximate surface area is 135 Å². The number of nitrogen functional groups attached to an aromatic ring is 1. The van der Waals surface area contributed by atoms with Gasteiger partial charge in [0.1, 0.15) is 5.82 Å². The normalized spacial score (nSPS) is 10.9. The fourth-order valence-corrected chi connectivity index (χ4v) is 2.26. The van der Waals surface area contributed by atoms with Gasteiger partial charge in [-0.05, 0) is 29.2 Å². The molecule has 118 valence electrons. The molecule has 0 aliphatic heterocycles. The number of aromatic nitrogens is 4. The Balaban J connectivity index is 1.73. The standard InChI is InChI=1S/C17H20N6/c1-12(2)14-8-6-13(7-9-14)11-23-16(18)21-17(22-23)20-15-5-3-4-10-19-15/h3-10,12H,11H2,1-2H3,(H3,18,19,20,21,22). The van der Waals surface area contributed by atoms with Crippen LogP contribution in [0.25, 0.3) is 0 Å². The van der Waals surface area contributed by atoms with Crippen LogP contribution in [0.1, 0.15) is 30.9 Å². The summed E-state index contributed by atoms with van der Waals surface area (Å²) >= 11 is 0. The number of nitrogens with zero attached hydrogens (tertiary/aromatic N) is 4. The van der Waals surface area contributed by atoms with Crippen molar-refractivity contribution in [1.29, 1.82) is 0 Å². The predicted octanol–water partition coefficient (Wildman–Crippen LogP) is 3.17. The molecule has 3 aromatic rings. The molecule has 2 heterocycles. The largest absolute Gasteiger partial charge is 0.368 e. The Morgan fingerprint density at radius 1 is 1.13 bits per heavy atom. The summed E-state index contributed by atoms with van der Waals surface area (Å²) in [6.07, 6.45) is 1.71. The molecule has 0 unspecified atom stereocenters. The molecule has 0 atom stereocenters. The van der Waals surface area contributed by atoms with E-state index >= 15 is 0 Å². The maximum Gasteiger partial charge on any atom is 0.249 e. The van der Waals surface area contributed by atoms with E-state index in [1.165, 1.54) is 5.56 Å². The number of hydrogen-bond donors (Lipinski definition) is 2. The minimum Gasteiger partial charge on any atom is -0.368 e. The van der Waals surface area contributed by atoms with Gasteiger partial charge in [-0.1, -0.05) is 44.2 Å². The highest BCUT2D eigenvalue weighted by Gasteiger charge is 2.08. The zero-order chi connectivity index (χ0) is 16.2. The first-order valence-corrected chi connectivity index (χ1v) is 7.59. The number of benzene rings is 1. The van der Waals surface area contributed by atoms with Crippen molar-refractivity contribution in [2.24, 2.45) is 0 Å². The average molecular weight is 308 g/mol. The smallest absolute Gasteiger partial charge is 0.249 e. The molecule has 0 aliphatic carbocycles. The third-order valence-electron chi connectivity index (χ3n) is 3.58. The Morgan fingerprint density at radius 2 is 1.91 bits per heavy atom. The van der Waals surface area contributed by atoms with Gasteiger partial charge < -0.3 is 11.1 Å². The summed E-state index contributed by atoms with van der Waals surface area (Å²) in [7, 11) is 0. The molecule has 23 heavy (non-hydrogen) atoms. The molecule has 1 aromatic carbocycles. The third-order valence-corrected chi connectivity index (χ3v) is 3.58. The minimum atomic E-state index is 0.372. The lowest BCUT2D eigenvalue weighted by molar-refractivity contribution is 0.698. The summed E-state index contributed by atoms with van der Waals surface area (Å²) in [5.74, 6) is 2.02. The van der Waals surface area contributed by atoms with Gasteiger partial charge in [0.2, 0.25) is 11.9 Å². The summed E-state index contributed by atoms with van der Waals surface area (Å²) in [5.41, 5.74) is 8.40. The second kappa shape index (κ2) is 6.48. The lowest BCUT2D eigenvalue weighted by atomic mass is 10.0. The van der Waals surface area contributed by atoms with Crippen LogP contribution >= 0.6 is 0 Å². The second-order valence-electron chi connectivity index (χ2n) is 5.69. The van der Waals surface area contributed by atoms with Gasteiger partial charge in [0.05, 0.1) is 6.54 Å². The van der Waals surface area contributed by atoms with Crippen molar-refractivity contribution in [3.63, 3.8) is 0 Å². The van der Waals surface area contributed by atoms with E-state index in [2.05, 4.69) is 58.5 Å². The van der Waals surface area contributed by atoms with E-state index in [0.717, 1.165) is 5.56 Å². The van der Waals surface area contributed by atoms with Crippen LogP contribution in [0.4, 0.5) is 17.7 Å². The van der Waals surface area contributed by atoms with E-state index in [-0.39, 0.29) is 0 Å². The molecule has 6 heteroatoms. The molecule has 0 bridgehead atoms. The Bertz CT molecular complexity index is 762. The van der Waals surface area contributed by atoms with Gasteiger partial charge in [-0.2, -0.15) is 4.98 Å². The summed E-state index contributed by atoms with van der Waals surface area (Å²) in [6.45, 7) is 4.95. The highest BCUT2D eigenvalue weighted by atomic mass is 15.4. The zero-order valence-electron chi connectivity index (χ0n) is 13.3. The summed E-state index contributed by atoms with van der Waals surface area (Å²) in [6, 6.07) is 14.1. The lowest BCUT2D eigenvalue weighted by Gasteiger charge is -2.07. The molecule has 2 aromatic heterocycles. The number of pyridine rings is 1. The molecule has 6 nitrogen and oxygen atoms in total. The number of hydrogen-bond acceptors (Lipinski definition) is 5. The van der Waals surface area contributed by atoms with Crippen molar-refractivity contribution in [2.75, 3.05) is 11.1 Å². The summed E-state index contributed by atoms with van der Waals surface area (Å²) in [5, 5.41) is 7.43. The van der Waals surface area contributed by atoms with E-state index < -0.39 is 0 Å². The van der Waals surface area contributed by atoms with Crippen molar-refractivity contribution in [1.82, 2.24) is 19.7 Å². The summed E-state index contributed by atoms with van der Waals surface area (Å²) < 4.78 is 1.68. The Hall–Kier alpha value is -2.89. The molecule has 0 fully saturated rings. The van der Waals surface area contributed by atoms with Gasteiger partial charge in [-0.25, -0.2) is 9.67 Å². The van der Waals surface area contributed by atoms with Crippen LogP contribution in [0.5, 0.6) is 0 Å². The van der Waals surface area contributed by atoms with Crippen molar-refractivity contribution >= 4 is 17.7 Å². The SMILES string of the molecule is CC(C)c1ccc(Cn2nc(Nc3ccccn3)nc2N)cc1. The Morgan fingerprint density at radius 3 is 2.57 bits per heavy atom. The van der Waals surface area contributed by atoms with E-state index in [1.807, 2.05) is 18.2 Å². The van der Waals surface area contributed by atoms with E-state index in [4.69, 9.17) is 5.73 Å². The molecular weight excluding hydrogens is 288 g/mol. The highest BCUT2D eigenvalue weighted by Crippen LogP contribution is 2.17. The van der Waals surface area contributed by atoms with Crippen LogP contribution < -0.4 is 11.1 Å². The highest BCUT2D eigenvalue weighted by molar-refractivity contribution is 5.48. The molecule has 0 spiro atoms. The number of anilines is 3. The molecule has 0 saturated carbocycles. The van der Waals surface area contributed by atoms with Crippen molar-refractivity contribution in [3.05, 3.63) is 59.8 Å². The van der Waals surface area contributed by atoms with Crippen LogP contribution in [0, 0.1) is 0 Å². The third kappa shape index (κ3) is 3.66. The van der Waals surface area contributed by atoms with Crippen LogP contribution in [0.15, 0.2) is 48.7 Å². The maximum atomic E-state index is 5.95. The van der Waals surface area contributed by atoms with Gasteiger partial charge in [-0.3, -0.25) is 0 Å². The van der Waals surface area contributed by atoms with Gasteiger partial charge in [0, 0.05) is 6.20 Å². The van der Waals surface area contributed by atoms with Crippen molar-refractivity contribution < 1.29 is 0 Å². The molecular formula is C17H20N6. The molecule has 3 N–H and O–H groups in total. The molecule has 0 aliphatic rings. The van der Waals surface area contributed by atoms with Crippen molar-refractivity contribution in [3.8, 4) is 0 Å². The van der Waals surface area contributed by atoms with Crippen LogP contribution in [-0.4, -0.2) is 19.7 Å². The lowest BCUT2D eigenvalue weighted by Crippen LogP contribution is -2.06. The number of rotatable bonds is 5. The zero-order valence-corrected chi connectivity index (χ0v) is 13.3. The topological polar surface area (TPSA) is 81.7 Å². The molecule has 0 saturated heterocycles. The van der Waals surface area contributed by atoms with Gasteiger partial charge in [0.15, 0.2) is 0 Å². The average Bonchev–Trinajstić information content (AvgIpc) is 2.88. The summed E-state index contributed by atoms with van der Waals surface area (Å²) in [4.78, 5) is 8.41. The molecule has 3 rings (SSSR count). The van der Waals surface area contributed by atoms with E-state index in [9.17, 15) is 0 Å². The molecule has 0 amide bonds. The maximum absolute atomic E-state index is 5.95. The predicted molar refractivity (Wildman–Crippen MR) is 91.6 cm³/mol. The van der Waals surface area contributed by atoms with Crippen molar-refractivity contribution in [2.45, 2.75) is 26.3 Å². The molecule has 0 radical (unpaired) electrons. The van der Waals surface area contributed by atoms with Gasteiger partial charge in [-0.15, -0.1) is 5.10 Å². The van der Waals surface area contributed by atoms with Gasteiger partial charge in [0.25, 0.3) is 0 Å². The van der Waals surface area contributed by atoms with Crippen LogP contribution in [0.3, 0.4) is 0 Å².